The maximum absolute atomic E-state index is 12.8. The lowest BCUT2D eigenvalue weighted by atomic mass is 10.1. The second-order valence-electron chi connectivity index (χ2n) is 8.13. The van der Waals surface area contributed by atoms with Crippen molar-refractivity contribution < 1.29 is 9.53 Å². The molecular formula is C26H27Cl2N3O2. The lowest BCUT2D eigenvalue weighted by Gasteiger charge is -2.36. The summed E-state index contributed by atoms with van der Waals surface area (Å²) in [5.41, 5.74) is 4.17. The molecule has 1 saturated heterocycles. The first kappa shape index (κ1) is 23.4. The highest BCUT2D eigenvalue weighted by molar-refractivity contribution is 6.33. The summed E-state index contributed by atoms with van der Waals surface area (Å²) >= 11 is 12.9. The number of benzene rings is 3. The fraction of sp³-hybridized carbons (Fsp3) is 0.269. The van der Waals surface area contributed by atoms with Crippen LogP contribution in [-0.4, -0.2) is 44.1 Å². The van der Waals surface area contributed by atoms with Crippen LogP contribution in [0.4, 0.5) is 11.4 Å². The molecule has 0 aliphatic carbocycles. The minimum atomic E-state index is -0.229. The van der Waals surface area contributed by atoms with E-state index in [-0.39, 0.29) is 5.91 Å². The number of nitrogens with one attached hydrogen (secondary N) is 1. The predicted octanol–water partition coefficient (Wildman–Crippen LogP) is 5.88. The molecule has 0 unspecified atom stereocenters. The van der Waals surface area contributed by atoms with E-state index >= 15 is 0 Å². The fourth-order valence-electron chi connectivity index (χ4n) is 4.16. The average molecular weight is 484 g/mol. The molecule has 0 spiro atoms. The van der Waals surface area contributed by atoms with E-state index in [2.05, 4.69) is 21.2 Å². The van der Waals surface area contributed by atoms with E-state index in [0.717, 1.165) is 54.6 Å². The van der Waals surface area contributed by atoms with Crippen LogP contribution in [0.25, 0.3) is 0 Å². The number of halogens is 2. The molecule has 1 amide bonds. The summed E-state index contributed by atoms with van der Waals surface area (Å²) in [7, 11) is 1.57. The molecule has 0 saturated carbocycles. The van der Waals surface area contributed by atoms with E-state index in [1.807, 2.05) is 49.4 Å². The van der Waals surface area contributed by atoms with Crippen LogP contribution in [0.1, 0.15) is 21.5 Å². The normalized spacial score (nSPS) is 14.2. The fourth-order valence-corrected chi connectivity index (χ4v) is 4.65. The van der Waals surface area contributed by atoms with Crippen molar-refractivity contribution >= 4 is 40.5 Å². The van der Waals surface area contributed by atoms with Crippen molar-refractivity contribution in [2.75, 3.05) is 43.5 Å². The average Bonchev–Trinajstić information content (AvgIpc) is 2.81. The van der Waals surface area contributed by atoms with Crippen LogP contribution in [0, 0.1) is 6.92 Å². The largest absolute Gasteiger partial charge is 0.496 e. The molecule has 3 aromatic rings. The number of methoxy groups -OCH3 is 1. The molecular weight excluding hydrogens is 457 g/mol. The number of carbonyl (C=O) groups is 1. The molecule has 1 aliphatic heterocycles. The third-order valence-corrected chi connectivity index (χ3v) is 6.60. The highest BCUT2D eigenvalue weighted by Crippen LogP contribution is 2.31. The van der Waals surface area contributed by atoms with Crippen LogP contribution < -0.4 is 15.0 Å². The van der Waals surface area contributed by atoms with Gasteiger partial charge in [-0.3, -0.25) is 9.69 Å². The van der Waals surface area contributed by atoms with Crippen LogP contribution in [0.5, 0.6) is 5.75 Å². The molecule has 7 heteroatoms. The first-order valence-corrected chi connectivity index (χ1v) is 11.7. The van der Waals surface area contributed by atoms with E-state index in [0.29, 0.717) is 22.0 Å². The number of anilines is 2. The molecule has 0 aromatic heterocycles. The SMILES string of the molecule is COc1c(C)cccc1C(=O)Nc1ccc(N2CCN(Cc3ccccc3Cl)CC2)c(Cl)c1. The zero-order chi connectivity index (χ0) is 23.4. The van der Waals surface area contributed by atoms with Gasteiger partial charge in [-0.25, -0.2) is 0 Å². The zero-order valence-corrected chi connectivity index (χ0v) is 20.3. The Balaban J connectivity index is 1.39. The van der Waals surface area contributed by atoms with Gasteiger partial charge in [0.05, 0.1) is 23.4 Å². The summed E-state index contributed by atoms with van der Waals surface area (Å²) in [5.74, 6) is 0.347. The number of hydrogen-bond acceptors (Lipinski definition) is 4. The van der Waals surface area contributed by atoms with Gasteiger partial charge in [0.25, 0.3) is 5.91 Å². The first-order valence-electron chi connectivity index (χ1n) is 10.9. The molecule has 0 atom stereocenters. The number of amides is 1. The Morgan fingerprint density at radius 2 is 1.73 bits per heavy atom. The maximum Gasteiger partial charge on any atom is 0.259 e. The number of para-hydroxylation sites is 1. The number of hydrogen-bond donors (Lipinski definition) is 1. The standard InChI is InChI=1S/C26H27Cl2N3O2/c1-18-6-5-8-21(25(18)33-2)26(32)29-20-10-11-24(23(28)16-20)31-14-12-30(13-15-31)17-19-7-3-4-9-22(19)27/h3-11,16H,12-15,17H2,1-2H3,(H,29,32). The lowest BCUT2D eigenvalue weighted by molar-refractivity contribution is 0.102. The number of ether oxygens (including phenoxy) is 1. The topological polar surface area (TPSA) is 44.8 Å². The van der Waals surface area contributed by atoms with Crippen molar-refractivity contribution in [1.82, 2.24) is 4.90 Å². The van der Waals surface area contributed by atoms with Gasteiger partial charge in [0.15, 0.2) is 0 Å². The molecule has 4 rings (SSSR count). The number of rotatable bonds is 6. The highest BCUT2D eigenvalue weighted by Gasteiger charge is 2.20. The Morgan fingerprint density at radius 1 is 0.970 bits per heavy atom. The summed E-state index contributed by atoms with van der Waals surface area (Å²) < 4.78 is 5.40. The third kappa shape index (κ3) is 5.44. The summed E-state index contributed by atoms with van der Waals surface area (Å²) in [4.78, 5) is 17.5. The van der Waals surface area contributed by atoms with Crippen LogP contribution in [0.15, 0.2) is 60.7 Å². The van der Waals surface area contributed by atoms with Gasteiger partial charge in [-0.1, -0.05) is 53.5 Å². The van der Waals surface area contributed by atoms with Crippen molar-refractivity contribution in [2.24, 2.45) is 0 Å². The number of piperazine rings is 1. The van der Waals surface area contributed by atoms with Gasteiger partial charge >= 0.3 is 0 Å². The Hall–Kier alpha value is -2.73. The Morgan fingerprint density at radius 3 is 2.42 bits per heavy atom. The van der Waals surface area contributed by atoms with Gasteiger partial charge in [0.2, 0.25) is 0 Å². The van der Waals surface area contributed by atoms with Crippen molar-refractivity contribution in [1.29, 1.82) is 0 Å². The van der Waals surface area contributed by atoms with Crippen LogP contribution in [-0.2, 0) is 6.54 Å². The molecule has 5 nitrogen and oxygen atoms in total. The van der Waals surface area contributed by atoms with E-state index in [1.54, 1.807) is 19.2 Å². The number of nitrogens with zero attached hydrogens (tertiary/aromatic N) is 2. The van der Waals surface area contributed by atoms with Crippen LogP contribution in [0.2, 0.25) is 10.0 Å². The molecule has 0 bridgehead atoms. The number of carbonyl (C=O) groups excluding carboxylic acids is 1. The number of aryl methyl sites for hydroxylation is 1. The smallest absolute Gasteiger partial charge is 0.259 e. The summed E-state index contributed by atoms with van der Waals surface area (Å²) in [6, 6.07) is 19.1. The van der Waals surface area contributed by atoms with E-state index in [4.69, 9.17) is 27.9 Å². The zero-order valence-electron chi connectivity index (χ0n) is 18.8. The van der Waals surface area contributed by atoms with Gasteiger partial charge in [-0.05, 0) is 48.4 Å². The second kappa shape index (κ2) is 10.5. The Bertz CT molecular complexity index is 1140. The monoisotopic (exact) mass is 483 g/mol. The molecule has 1 aliphatic rings. The summed E-state index contributed by atoms with van der Waals surface area (Å²) in [5, 5.41) is 4.35. The quantitative estimate of drug-likeness (QED) is 0.474. The van der Waals surface area contributed by atoms with Gasteiger partial charge in [0, 0.05) is 43.4 Å². The molecule has 1 fully saturated rings. The van der Waals surface area contributed by atoms with Crippen molar-refractivity contribution in [2.45, 2.75) is 13.5 Å². The maximum atomic E-state index is 12.8. The van der Waals surface area contributed by atoms with Gasteiger partial charge in [0.1, 0.15) is 5.75 Å². The molecule has 1 N–H and O–H groups in total. The summed E-state index contributed by atoms with van der Waals surface area (Å²) in [6.45, 7) is 6.34. The molecule has 33 heavy (non-hydrogen) atoms. The lowest BCUT2D eigenvalue weighted by Crippen LogP contribution is -2.46. The first-order chi connectivity index (χ1) is 16.0. The van der Waals surface area contributed by atoms with Crippen LogP contribution in [0.3, 0.4) is 0 Å². The molecule has 3 aromatic carbocycles. The van der Waals surface area contributed by atoms with Crippen molar-refractivity contribution in [3.8, 4) is 5.75 Å². The van der Waals surface area contributed by atoms with Gasteiger partial charge in [-0.2, -0.15) is 0 Å². The second-order valence-corrected chi connectivity index (χ2v) is 8.95. The highest BCUT2D eigenvalue weighted by atomic mass is 35.5. The molecule has 172 valence electrons. The Kier molecular flexibility index (Phi) is 7.43. The Labute approximate surface area is 204 Å². The van der Waals surface area contributed by atoms with Gasteiger partial charge in [-0.15, -0.1) is 0 Å². The van der Waals surface area contributed by atoms with Crippen molar-refractivity contribution in [3.63, 3.8) is 0 Å². The van der Waals surface area contributed by atoms with E-state index in [1.165, 1.54) is 0 Å². The minimum Gasteiger partial charge on any atom is -0.496 e. The van der Waals surface area contributed by atoms with Crippen LogP contribution >= 0.6 is 23.2 Å². The third-order valence-electron chi connectivity index (χ3n) is 5.93. The van der Waals surface area contributed by atoms with E-state index < -0.39 is 0 Å². The molecule has 1 heterocycles. The van der Waals surface area contributed by atoms with Gasteiger partial charge < -0.3 is 15.0 Å². The van der Waals surface area contributed by atoms with Crippen molar-refractivity contribution in [3.05, 3.63) is 87.4 Å². The minimum absolute atomic E-state index is 0.229. The predicted molar refractivity (Wildman–Crippen MR) is 136 cm³/mol. The van der Waals surface area contributed by atoms with E-state index in [9.17, 15) is 4.79 Å². The summed E-state index contributed by atoms with van der Waals surface area (Å²) in [6.07, 6.45) is 0. The molecule has 0 radical (unpaired) electrons.